The van der Waals surface area contributed by atoms with Crippen LogP contribution in [0.1, 0.15) is 41.6 Å². The van der Waals surface area contributed by atoms with Crippen LogP contribution < -0.4 is 0 Å². The quantitative estimate of drug-likeness (QED) is 0.863. The van der Waals surface area contributed by atoms with Gasteiger partial charge in [-0.05, 0) is 43.9 Å². The molecule has 0 N–H and O–H groups in total. The summed E-state index contributed by atoms with van der Waals surface area (Å²) in [5.74, 6) is 0.123. The molecule has 0 aliphatic carbocycles. The Bertz CT molecular complexity index is 668. The Morgan fingerprint density at radius 2 is 1.83 bits per heavy atom. The highest BCUT2D eigenvalue weighted by atomic mass is 16.3. The van der Waals surface area contributed by atoms with E-state index in [1.807, 2.05) is 0 Å². The topological polar surface area (TPSA) is 36.7 Å². The molecule has 126 valence electrons. The number of nitrogens with zero attached hydrogens (tertiary/aromatic N) is 2. The summed E-state index contributed by atoms with van der Waals surface area (Å²) in [5.41, 5.74) is 2.03. The summed E-state index contributed by atoms with van der Waals surface area (Å²) in [6.07, 6.45) is 7.77. The second kappa shape index (κ2) is 6.81. The average molecular weight is 324 g/mol. The lowest BCUT2D eigenvalue weighted by Gasteiger charge is -2.35. The van der Waals surface area contributed by atoms with Crippen molar-refractivity contribution in [3.63, 3.8) is 0 Å². The number of benzene rings is 1. The van der Waals surface area contributed by atoms with Crippen LogP contribution in [-0.4, -0.2) is 40.9 Å². The predicted octanol–water partition coefficient (Wildman–Crippen LogP) is 3.55. The Morgan fingerprint density at radius 3 is 2.62 bits per heavy atom. The summed E-state index contributed by atoms with van der Waals surface area (Å²) < 4.78 is 5.10. The molecule has 2 aliphatic rings. The van der Waals surface area contributed by atoms with Crippen LogP contribution in [0.25, 0.3) is 0 Å². The van der Waals surface area contributed by atoms with Crippen molar-refractivity contribution in [3.05, 3.63) is 60.1 Å². The van der Waals surface area contributed by atoms with Crippen LogP contribution in [0.4, 0.5) is 0 Å². The number of furan rings is 1. The van der Waals surface area contributed by atoms with E-state index >= 15 is 0 Å². The SMILES string of the molecule is O=C(c1ccoc1)N1CCC[C@@H]1[C@@H]1CCCN1Cc1ccccc1. The number of carbonyl (C=O) groups is 1. The van der Waals surface area contributed by atoms with E-state index in [4.69, 9.17) is 4.42 Å². The molecule has 4 heteroatoms. The van der Waals surface area contributed by atoms with Crippen molar-refractivity contribution >= 4 is 5.91 Å². The molecule has 2 saturated heterocycles. The highest BCUT2D eigenvalue weighted by Crippen LogP contribution is 2.32. The Kier molecular flexibility index (Phi) is 4.39. The largest absolute Gasteiger partial charge is 0.472 e. The minimum Gasteiger partial charge on any atom is -0.472 e. The van der Waals surface area contributed by atoms with E-state index in [1.165, 1.54) is 18.4 Å². The highest BCUT2D eigenvalue weighted by Gasteiger charge is 2.39. The molecule has 0 spiro atoms. The van der Waals surface area contributed by atoms with E-state index in [0.717, 1.165) is 32.5 Å². The van der Waals surface area contributed by atoms with Crippen LogP contribution in [0, 0.1) is 0 Å². The van der Waals surface area contributed by atoms with Gasteiger partial charge in [0.05, 0.1) is 11.8 Å². The van der Waals surface area contributed by atoms with Gasteiger partial charge in [-0.15, -0.1) is 0 Å². The molecule has 0 bridgehead atoms. The fraction of sp³-hybridized carbons (Fsp3) is 0.450. The molecular formula is C20H24N2O2. The number of hydrogen-bond acceptors (Lipinski definition) is 3. The number of amides is 1. The van der Waals surface area contributed by atoms with E-state index in [1.54, 1.807) is 18.6 Å². The second-order valence-corrected chi connectivity index (χ2v) is 6.89. The van der Waals surface area contributed by atoms with Gasteiger partial charge < -0.3 is 9.32 Å². The fourth-order valence-corrected chi connectivity index (χ4v) is 4.30. The molecule has 2 atom stereocenters. The fourth-order valence-electron chi connectivity index (χ4n) is 4.30. The maximum absolute atomic E-state index is 12.8. The maximum atomic E-state index is 12.8. The number of likely N-dealkylation sites (tertiary alicyclic amines) is 2. The molecular weight excluding hydrogens is 300 g/mol. The van der Waals surface area contributed by atoms with Gasteiger partial charge in [0.1, 0.15) is 6.26 Å². The first-order valence-electron chi connectivity index (χ1n) is 8.94. The molecule has 2 aliphatic heterocycles. The summed E-state index contributed by atoms with van der Waals surface area (Å²) in [4.78, 5) is 17.4. The van der Waals surface area contributed by atoms with Gasteiger partial charge in [0.25, 0.3) is 5.91 Å². The van der Waals surface area contributed by atoms with Gasteiger partial charge in [0.15, 0.2) is 0 Å². The first-order valence-corrected chi connectivity index (χ1v) is 8.94. The van der Waals surface area contributed by atoms with Crippen molar-refractivity contribution in [3.8, 4) is 0 Å². The van der Waals surface area contributed by atoms with Gasteiger partial charge in [-0.25, -0.2) is 0 Å². The van der Waals surface area contributed by atoms with Crippen molar-refractivity contribution in [1.29, 1.82) is 0 Å². The standard InChI is InChI=1S/C20H24N2O2/c23-20(17-10-13-24-15-17)22-12-5-9-19(22)18-8-4-11-21(18)14-16-6-2-1-3-7-16/h1-3,6-7,10,13,15,18-19H,4-5,8-9,11-12,14H2/t18-,19+/m0/s1. The zero-order chi connectivity index (χ0) is 16.4. The third-order valence-electron chi connectivity index (χ3n) is 5.42. The average Bonchev–Trinajstić information content (AvgIpc) is 3.36. The van der Waals surface area contributed by atoms with Crippen molar-refractivity contribution < 1.29 is 9.21 Å². The van der Waals surface area contributed by atoms with Crippen molar-refractivity contribution in [2.24, 2.45) is 0 Å². The highest BCUT2D eigenvalue weighted by molar-refractivity contribution is 5.94. The summed E-state index contributed by atoms with van der Waals surface area (Å²) in [7, 11) is 0. The van der Waals surface area contributed by atoms with Gasteiger partial charge in [-0.3, -0.25) is 9.69 Å². The number of hydrogen-bond donors (Lipinski definition) is 0. The van der Waals surface area contributed by atoms with Crippen LogP contribution in [0.2, 0.25) is 0 Å². The normalized spacial score (nSPS) is 24.6. The van der Waals surface area contributed by atoms with Gasteiger partial charge in [0, 0.05) is 25.2 Å². The molecule has 1 aromatic heterocycles. The molecule has 24 heavy (non-hydrogen) atoms. The van der Waals surface area contributed by atoms with Gasteiger partial charge in [0.2, 0.25) is 0 Å². The van der Waals surface area contributed by atoms with Crippen LogP contribution in [0.3, 0.4) is 0 Å². The van der Waals surface area contributed by atoms with Crippen LogP contribution in [-0.2, 0) is 6.54 Å². The molecule has 4 nitrogen and oxygen atoms in total. The molecule has 4 rings (SSSR count). The van der Waals surface area contributed by atoms with Crippen molar-refractivity contribution in [2.75, 3.05) is 13.1 Å². The lowest BCUT2D eigenvalue weighted by Crippen LogP contribution is -2.48. The van der Waals surface area contributed by atoms with E-state index < -0.39 is 0 Å². The van der Waals surface area contributed by atoms with E-state index in [-0.39, 0.29) is 5.91 Å². The lowest BCUT2D eigenvalue weighted by molar-refractivity contribution is 0.0638. The smallest absolute Gasteiger partial charge is 0.257 e. The molecule has 1 aromatic carbocycles. The molecule has 2 fully saturated rings. The van der Waals surface area contributed by atoms with Crippen molar-refractivity contribution in [1.82, 2.24) is 9.80 Å². The Morgan fingerprint density at radius 1 is 1.04 bits per heavy atom. The first-order chi connectivity index (χ1) is 11.8. The lowest BCUT2D eigenvalue weighted by atomic mass is 10.0. The molecule has 0 saturated carbocycles. The van der Waals surface area contributed by atoms with Crippen LogP contribution >= 0.6 is 0 Å². The van der Waals surface area contributed by atoms with E-state index in [2.05, 4.69) is 40.1 Å². The first kappa shape index (κ1) is 15.5. The third-order valence-corrected chi connectivity index (χ3v) is 5.42. The van der Waals surface area contributed by atoms with Gasteiger partial charge >= 0.3 is 0 Å². The molecule has 0 unspecified atom stereocenters. The summed E-state index contributed by atoms with van der Waals surface area (Å²) in [5, 5.41) is 0. The van der Waals surface area contributed by atoms with Crippen LogP contribution in [0.5, 0.6) is 0 Å². The summed E-state index contributed by atoms with van der Waals surface area (Å²) >= 11 is 0. The maximum Gasteiger partial charge on any atom is 0.257 e. The third kappa shape index (κ3) is 2.98. The summed E-state index contributed by atoms with van der Waals surface area (Å²) in [6.45, 7) is 2.98. The van der Waals surface area contributed by atoms with E-state index in [0.29, 0.717) is 17.6 Å². The second-order valence-electron chi connectivity index (χ2n) is 6.89. The van der Waals surface area contributed by atoms with E-state index in [9.17, 15) is 4.79 Å². The molecule has 2 aromatic rings. The van der Waals surface area contributed by atoms with Crippen LogP contribution in [0.15, 0.2) is 53.3 Å². The van der Waals surface area contributed by atoms with Gasteiger partial charge in [-0.2, -0.15) is 0 Å². The number of rotatable bonds is 4. The van der Waals surface area contributed by atoms with Gasteiger partial charge in [-0.1, -0.05) is 30.3 Å². The monoisotopic (exact) mass is 324 g/mol. The number of carbonyl (C=O) groups excluding carboxylic acids is 1. The Hall–Kier alpha value is -2.07. The zero-order valence-electron chi connectivity index (χ0n) is 13.9. The Labute approximate surface area is 143 Å². The minimum absolute atomic E-state index is 0.123. The predicted molar refractivity (Wildman–Crippen MR) is 92.6 cm³/mol. The Balaban J connectivity index is 1.49. The molecule has 3 heterocycles. The molecule has 1 amide bonds. The zero-order valence-corrected chi connectivity index (χ0v) is 13.9. The summed E-state index contributed by atoms with van der Waals surface area (Å²) in [6, 6.07) is 13.2. The molecule has 0 radical (unpaired) electrons. The minimum atomic E-state index is 0.123. The van der Waals surface area contributed by atoms with Crippen molar-refractivity contribution in [2.45, 2.75) is 44.3 Å².